The summed E-state index contributed by atoms with van der Waals surface area (Å²) in [5, 5.41) is 9.01. The van der Waals surface area contributed by atoms with Crippen LogP contribution >= 0.6 is 0 Å². The molecule has 2 rings (SSSR count). The summed E-state index contributed by atoms with van der Waals surface area (Å²) in [6.45, 7) is 4.34. The van der Waals surface area contributed by atoms with Crippen molar-refractivity contribution >= 4 is 11.9 Å². The standard InChI is InChI=1S/C21H27FN4O/c1-15-9-10-18(13-19(15)22)16(2)26-21(23-3)25-14-20(27)24-12-11-17-7-5-4-6-8-17/h4-10,13,16H,11-12,14H2,1-3H3,(H,24,27)(H2,23,25,26). The van der Waals surface area contributed by atoms with Gasteiger partial charge in [-0.3, -0.25) is 9.79 Å². The molecule has 0 fully saturated rings. The Morgan fingerprint density at radius 1 is 1.15 bits per heavy atom. The first-order valence-electron chi connectivity index (χ1n) is 9.03. The second-order valence-corrected chi connectivity index (χ2v) is 6.39. The van der Waals surface area contributed by atoms with E-state index in [1.165, 1.54) is 11.6 Å². The van der Waals surface area contributed by atoms with Crippen molar-refractivity contribution in [2.24, 2.45) is 4.99 Å². The van der Waals surface area contributed by atoms with Gasteiger partial charge in [-0.25, -0.2) is 4.39 Å². The van der Waals surface area contributed by atoms with Crippen LogP contribution in [0.3, 0.4) is 0 Å². The summed E-state index contributed by atoms with van der Waals surface area (Å²) in [5.41, 5.74) is 2.61. The summed E-state index contributed by atoms with van der Waals surface area (Å²) in [5.74, 6) is 0.145. The van der Waals surface area contributed by atoms with E-state index in [0.717, 1.165) is 12.0 Å². The Morgan fingerprint density at radius 3 is 2.56 bits per heavy atom. The average molecular weight is 370 g/mol. The van der Waals surface area contributed by atoms with Gasteiger partial charge in [0.2, 0.25) is 5.91 Å². The first-order valence-corrected chi connectivity index (χ1v) is 9.03. The summed E-state index contributed by atoms with van der Waals surface area (Å²) < 4.78 is 13.7. The normalized spacial score (nSPS) is 12.4. The number of amides is 1. The Kier molecular flexibility index (Phi) is 7.79. The van der Waals surface area contributed by atoms with Gasteiger partial charge in [-0.2, -0.15) is 0 Å². The van der Waals surface area contributed by atoms with Crippen molar-refractivity contribution in [1.82, 2.24) is 16.0 Å². The molecule has 0 aliphatic heterocycles. The highest BCUT2D eigenvalue weighted by Gasteiger charge is 2.10. The fourth-order valence-corrected chi connectivity index (χ4v) is 2.58. The number of hydrogen-bond donors (Lipinski definition) is 3. The zero-order valence-corrected chi connectivity index (χ0v) is 16.1. The molecular formula is C21H27FN4O. The fourth-order valence-electron chi connectivity index (χ4n) is 2.58. The second-order valence-electron chi connectivity index (χ2n) is 6.39. The van der Waals surface area contributed by atoms with Crippen molar-refractivity contribution in [2.75, 3.05) is 20.1 Å². The average Bonchev–Trinajstić information content (AvgIpc) is 2.67. The van der Waals surface area contributed by atoms with Gasteiger partial charge in [0.15, 0.2) is 5.96 Å². The van der Waals surface area contributed by atoms with Crippen LogP contribution < -0.4 is 16.0 Å². The topological polar surface area (TPSA) is 65.5 Å². The largest absolute Gasteiger partial charge is 0.354 e. The third-order valence-electron chi connectivity index (χ3n) is 4.27. The lowest BCUT2D eigenvalue weighted by atomic mass is 10.1. The van der Waals surface area contributed by atoms with Gasteiger partial charge in [0.05, 0.1) is 12.6 Å². The van der Waals surface area contributed by atoms with Crippen molar-refractivity contribution in [3.63, 3.8) is 0 Å². The molecule has 0 bridgehead atoms. The summed E-state index contributed by atoms with van der Waals surface area (Å²) in [6, 6.07) is 15.0. The predicted octanol–water partition coefficient (Wildman–Crippen LogP) is 2.72. The van der Waals surface area contributed by atoms with Gasteiger partial charge >= 0.3 is 0 Å². The number of hydrogen-bond acceptors (Lipinski definition) is 2. The zero-order chi connectivity index (χ0) is 19.6. The van der Waals surface area contributed by atoms with E-state index in [1.807, 2.05) is 43.3 Å². The first-order chi connectivity index (χ1) is 13.0. The minimum Gasteiger partial charge on any atom is -0.354 e. The van der Waals surface area contributed by atoms with Gasteiger partial charge in [-0.1, -0.05) is 42.5 Å². The van der Waals surface area contributed by atoms with Crippen LogP contribution in [0.15, 0.2) is 53.5 Å². The molecule has 144 valence electrons. The molecule has 0 aromatic heterocycles. The van der Waals surface area contributed by atoms with Crippen molar-refractivity contribution < 1.29 is 9.18 Å². The molecule has 5 nitrogen and oxygen atoms in total. The number of nitrogens with one attached hydrogen (secondary N) is 3. The first kappa shape index (κ1) is 20.4. The molecule has 0 aliphatic carbocycles. The molecule has 0 heterocycles. The van der Waals surface area contributed by atoms with Crippen LogP contribution in [0.25, 0.3) is 0 Å². The molecule has 1 atom stereocenters. The molecule has 0 saturated carbocycles. The highest BCUT2D eigenvalue weighted by molar-refractivity contribution is 5.86. The van der Waals surface area contributed by atoms with Gasteiger partial charge in [0.1, 0.15) is 5.82 Å². The minimum absolute atomic E-state index is 0.108. The molecule has 0 spiro atoms. The molecule has 27 heavy (non-hydrogen) atoms. The van der Waals surface area contributed by atoms with Gasteiger partial charge in [-0.05, 0) is 43.0 Å². The summed E-state index contributed by atoms with van der Waals surface area (Å²) in [7, 11) is 1.63. The fraction of sp³-hybridized carbons (Fsp3) is 0.333. The van der Waals surface area contributed by atoms with E-state index in [4.69, 9.17) is 0 Å². The van der Waals surface area contributed by atoms with Crippen LogP contribution in [0.5, 0.6) is 0 Å². The maximum atomic E-state index is 13.7. The van der Waals surface area contributed by atoms with Crippen molar-refractivity contribution in [3.05, 3.63) is 71.0 Å². The monoisotopic (exact) mass is 370 g/mol. The van der Waals surface area contributed by atoms with E-state index in [1.54, 1.807) is 20.0 Å². The number of aliphatic imine (C=N–C) groups is 1. The van der Waals surface area contributed by atoms with Gasteiger partial charge in [0.25, 0.3) is 0 Å². The second kappa shape index (κ2) is 10.3. The molecule has 1 amide bonds. The zero-order valence-electron chi connectivity index (χ0n) is 16.1. The third-order valence-corrected chi connectivity index (χ3v) is 4.27. The van der Waals surface area contributed by atoms with E-state index in [2.05, 4.69) is 20.9 Å². The molecule has 6 heteroatoms. The van der Waals surface area contributed by atoms with Crippen molar-refractivity contribution in [3.8, 4) is 0 Å². The molecule has 3 N–H and O–H groups in total. The highest BCUT2D eigenvalue weighted by Crippen LogP contribution is 2.16. The lowest BCUT2D eigenvalue weighted by molar-refractivity contribution is -0.119. The Balaban J connectivity index is 1.75. The summed E-state index contributed by atoms with van der Waals surface area (Å²) >= 11 is 0. The van der Waals surface area contributed by atoms with Crippen LogP contribution in [-0.4, -0.2) is 32.0 Å². The number of halogens is 1. The van der Waals surface area contributed by atoms with Crippen LogP contribution in [0.4, 0.5) is 4.39 Å². The number of rotatable bonds is 7. The summed E-state index contributed by atoms with van der Waals surface area (Å²) in [6.07, 6.45) is 0.787. The van der Waals surface area contributed by atoms with Crippen LogP contribution in [0, 0.1) is 12.7 Å². The van der Waals surface area contributed by atoms with Gasteiger partial charge < -0.3 is 16.0 Å². The number of benzene rings is 2. The van der Waals surface area contributed by atoms with E-state index < -0.39 is 0 Å². The lowest BCUT2D eigenvalue weighted by Gasteiger charge is -2.18. The SMILES string of the molecule is CN=C(NCC(=O)NCCc1ccccc1)NC(C)c1ccc(C)c(F)c1. The molecule has 2 aromatic rings. The van der Waals surface area contributed by atoms with E-state index >= 15 is 0 Å². The van der Waals surface area contributed by atoms with Crippen molar-refractivity contribution in [1.29, 1.82) is 0 Å². The lowest BCUT2D eigenvalue weighted by Crippen LogP contribution is -2.44. The van der Waals surface area contributed by atoms with E-state index in [9.17, 15) is 9.18 Å². The molecule has 2 aromatic carbocycles. The number of carbonyl (C=O) groups excluding carboxylic acids is 1. The number of nitrogens with zero attached hydrogens (tertiary/aromatic N) is 1. The maximum Gasteiger partial charge on any atom is 0.239 e. The molecule has 0 saturated heterocycles. The Hall–Kier alpha value is -2.89. The van der Waals surface area contributed by atoms with Crippen LogP contribution in [-0.2, 0) is 11.2 Å². The van der Waals surface area contributed by atoms with Gasteiger partial charge in [0, 0.05) is 13.6 Å². The Bertz CT molecular complexity index is 777. The number of aryl methyl sites for hydroxylation is 1. The summed E-state index contributed by atoms with van der Waals surface area (Å²) in [4.78, 5) is 16.1. The molecule has 0 radical (unpaired) electrons. The maximum absolute atomic E-state index is 13.7. The molecule has 1 unspecified atom stereocenters. The van der Waals surface area contributed by atoms with Crippen LogP contribution in [0.2, 0.25) is 0 Å². The van der Waals surface area contributed by atoms with E-state index in [-0.39, 0.29) is 24.3 Å². The third kappa shape index (κ3) is 6.73. The smallest absolute Gasteiger partial charge is 0.239 e. The number of guanidine groups is 1. The molecular weight excluding hydrogens is 343 g/mol. The molecule has 0 aliphatic rings. The predicted molar refractivity (Wildman–Crippen MR) is 107 cm³/mol. The van der Waals surface area contributed by atoms with Crippen LogP contribution in [0.1, 0.15) is 29.7 Å². The van der Waals surface area contributed by atoms with Crippen molar-refractivity contribution in [2.45, 2.75) is 26.3 Å². The highest BCUT2D eigenvalue weighted by atomic mass is 19.1. The number of carbonyl (C=O) groups is 1. The van der Waals surface area contributed by atoms with Gasteiger partial charge in [-0.15, -0.1) is 0 Å². The van der Waals surface area contributed by atoms with E-state index in [0.29, 0.717) is 18.1 Å². The Morgan fingerprint density at radius 2 is 1.89 bits per heavy atom. The minimum atomic E-state index is -0.234. The Labute approximate surface area is 160 Å². The quantitative estimate of drug-likeness (QED) is 0.519.